The number of sulfonamides is 1. The Balaban J connectivity index is 1.84. The zero-order chi connectivity index (χ0) is 15.3. The Labute approximate surface area is 126 Å². The number of aryl methyl sites for hydroxylation is 1. The number of carbonyl (C=O) groups excluding carboxylic acids is 1. The third-order valence-electron chi connectivity index (χ3n) is 3.86. The van der Waals surface area contributed by atoms with E-state index in [4.69, 9.17) is 0 Å². The molecule has 21 heavy (non-hydrogen) atoms. The average Bonchev–Trinajstić information content (AvgIpc) is 2.98. The van der Waals surface area contributed by atoms with E-state index in [-0.39, 0.29) is 10.8 Å². The van der Waals surface area contributed by atoms with E-state index in [0.717, 1.165) is 18.4 Å². The Kier molecular flexibility index (Phi) is 5.36. The Morgan fingerprint density at radius 1 is 1.19 bits per heavy atom. The van der Waals surface area contributed by atoms with Gasteiger partial charge in [0.25, 0.3) is 0 Å². The van der Waals surface area contributed by atoms with E-state index >= 15 is 0 Å². The van der Waals surface area contributed by atoms with Gasteiger partial charge in [-0.05, 0) is 44.0 Å². The topological polar surface area (TPSA) is 75.3 Å². The van der Waals surface area contributed by atoms with Crippen molar-refractivity contribution in [2.75, 3.05) is 7.05 Å². The zero-order valence-corrected chi connectivity index (χ0v) is 13.1. The Morgan fingerprint density at radius 2 is 1.81 bits per heavy atom. The lowest BCUT2D eigenvalue weighted by Crippen LogP contribution is -2.32. The normalized spacial score (nSPS) is 16.0. The van der Waals surface area contributed by atoms with Gasteiger partial charge in [-0.1, -0.05) is 25.0 Å². The predicted molar refractivity (Wildman–Crippen MR) is 81.4 cm³/mol. The summed E-state index contributed by atoms with van der Waals surface area (Å²) in [6.07, 6.45) is 5.64. The summed E-state index contributed by atoms with van der Waals surface area (Å²) in [6, 6.07) is 6.99. The second-order valence-electron chi connectivity index (χ2n) is 5.40. The number of benzene rings is 1. The van der Waals surface area contributed by atoms with Crippen molar-refractivity contribution in [2.45, 2.75) is 49.5 Å². The number of carbonyl (C=O) groups is 1. The number of nitrogens with one attached hydrogen (secondary N) is 2. The van der Waals surface area contributed by atoms with Crippen LogP contribution < -0.4 is 10.0 Å². The van der Waals surface area contributed by atoms with Gasteiger partial charge in [0.05, 0.1) is 4.90 Å². The minimum absolute atomic E-state index is 0.0776. The van der Waals surface area contributed by atoms with Crippen molar-refractivity contribution in [1.29, 1.82) is 0 Å². The van der Waals surface area contributed by atoms with Crippen LogP contribution in [0.15, 0.2) is 29.2 Å². The monoisotopic (exact) mass is 310 g/mol. The van der Waals surface area contributed by atoms with Gasteiger partial charge in [-0.15, -0.1) is 0 Å². The van der Waals surface area contributed by atoms with Gasteiger partial charge in [0, 0.05) is 12.5 Å². The molecule has 0 aliphatic heterocycles. The highest BCUT2D eigenvalue weighted by Crippen LogP contribution is 2.18. The molecular weight excluding hydrogens is 288 g/mol. The van der Waals surface area contributed by atoms with E-state index in [1.165, 1.54) is 19.9 Å². The van der Waals surface area contributed by atoms with Crippen LogP contribution in [0.2, 0.25) is 0 Å². The molecule has 1 aliphatic rings. The first-order valence-corrected chi connectivity index (χ1v) is 8.81. The van der Waals surface area contributed by atoms with E-state index in [9.17, 15) is 13.2 Å². The van der Waals surface area contributed by atoms with Gasteiger partial charge in [-0.2, -0.15) is 0 Å². The van der Waals surface area contributed by atoms with Crippen molar-refractivity contribution in [3.63, 3.8) is 0 Å². The first-order valence-electron chi connectivity index (χ1n) is 7.33. The van der Waals surface area contributed by atoms with Gasteiger partial charge < -0.3 is 5.32 Å². The zero-order valence-electron chi connectivity index (χ0n) is 12.3. The molecule has 1 aromatic carbocycles. The molecule has 1 aliphatic carbocycles. The van der Waals surface area contributed by atoms with Gasteiger partial charge in [0.15, 0.2) is 0 Å². The molecule has 0 saturated heterocycles. The summed E-state index contributed by atoms with van der Waals surface area (Å²) in [5, 5.41) is 3.05. The Bertz CT molecular complexity index is 575. The molecule has 0 aromatic heterocycles. The van der Waals surface area contributed by atoms with Crippen LogP contribution in [0.4, 0.5) is 0 Å². The molecule has 6 heteroatoms. The molecule has 2 N–H and O–H groups in total. The first-order chi connectivity index (χ1) is 10.0. The summed E-state index contributed by atoms with van der Waals surface area (Å²) < 4.78 is 25.5. The number of hydrogen-bond acceptors (Lipinski definition) is 3. The van der Waals surface area contributed by atoms with E-state index in [2.05, 4.69) is 10.0 Å². The van der Waals surface area contributed by atoms with Gasteiger partial charge in [0.2, 0.25) is 15.9 Å². The smallest absolute Gasteiger partial charge is 0.240 e. The van der Waals surface area contributed by atoms with Crippen LogP contribution in [-0.2, 0) is 21.2 Å². The Morgan fingerprint density at radius 3 is 2.38 bits per heavy atom. The maximum absolute atomic E-state index is 11.8. The first kappa shape index (κ1) is 16.0. The standard InChI is InChI=1S/C15H22N2O3S/c1-16-21(19,20)14-9-6-12(7-10-14)8-11-15(18)17-13-4-2-3-5-13/h6-7,9-10,13,16H,2-5,8,11H2,1H3,(H,17,18). The summed E-state index contributed by atoms with van der Waals surface area (Å²) in [7, 11) is -2.01. The second kappa shape index (κ2) is 7.04. The lowest BCUT2D eigenvalue weighted by Gasteiger charge is -2.11. The Hall–Kier alpha value is -1.40. The molecule has 1 aromatic rings. The molecule has 0 atom stereocenters. The molecule has 1 fully saturated rings. The van der Waals surface area contributed by atoms with Gasteiger partial charge >= 0.3 is 0 Å². The number of hydrogen-bond donors (Lipinski definition) is 2. The van der Waals surface area contributed by atoms with Gasteiger partial charge in [0.1, 0.15) is 0 Å². The minimum atomic E-state index is -3.39. The highest BCUT2D eigenvalue weighted by atomic mass is 32.2. The molecule has 0 radical (unpaired) electrons. The fourth-order valence-electron chi connectivity index (χ4n) is 2.58. The fraction of sp³-hybridized carbons (Fsp3) is 0.533. The molecule has 1 amide bonds. The third kappa shape index (κ3) is 4.54. The number of rotatable bonds is 6. The fourth-order valence-corrected chi connectivity index (χ4v) is 3.31. The summed E-state index contributed by atoms with van der Waals surface area (Å²) in [4.78, 5) is 12.1. The third-order valence-corrected chi connectivity index (χ3v) is 5.29. The van der Waals surface area contributed by atoms with Crippen LogP contribution in [0.3, 0.4) is 0 Å². The van der Waals surface area contributed by atoms with Crippen LogP contribution >= 0.6 is 0 Å². The summed E-state index contributed by atoms with van der Waals surface area (Å²) >= 11 is 0. The van der Waals surface area contributed by atoms with E-state index in [1.54, 1.807) is 24.3 Å². The van der Waals surface area contributed by atoms with Crippen molar-refractivity contribution < 1.29 is 13.2 Å². The van der Waals surface area contributed by atoms with Crippen LogP contribution in [-0.4, -0.2) is 27.4 Å². The summed E-state index contributed by atoms with van der Waals surface area (Å²) in [5.74, 6) is 0.0776. The SMILES string of the molecule is CNS(=O)(=O)c1ccc(CCC(=O)NC2CCCC2)cc1. The van der Waals surface area contributed by atoms with E-state index < -0.39 is 10.0 Å². The predicted octanol–water partition coefficient (Wildman–Crippen LogP) is 1.59. The minimum Gasteiger partial charge on any atom is -0.353 e. The molecular formula is C15H22N2O3S. The van der Waals surface area contributed by atoms with Crippen LogP contribution in [0.5, 0.6) is 0 Å². The highest BCUT2D eigenvalue weighted by Gasteiger charge is 2.17. The molecule has 1 saturated carbocycles. The van der Waals surface area contributed by atoms with E-state index in [0.29, 0.717) is 18.9 Å². The second-order valence-corrected chi connectivity index (χ2v) is 7.29. The summed E-state index contributed by atoms with van der Waals surface area (Å²) in [5.41, 5.74) is 0.964. The van der Waals surface area contributed by atoms with E-state index in [1.807, 2.05) is 0 Å². The molecule has 5 nitrogen and oxygen atoms in total. The molecule has 0 unspecified atom stereocenters. The van der Waals surface area contributed by atoms with Crippen LogP contribution in [0, 0.1) is 0 Å². The maximum Gasteiger partial charge on any atom is 0.240 e. The molecule has 2 rings (SSSR count). The quantitative estimate of drug-likeness (QED) is 0.838. The lowest BCUT2D eigenvalue weighted by molar-refractivity contribution is -0.121. The van der Waals surface area contributed by atoms with Crippen molar-refractivity contribution in [3.05, 3.63) is 29.8 Å². The number of amides is 1. The van der Waals surface area contributed by atoms with Crippen LogP contribution in [0.1, 0.15) is 37.7 Å². The van der Waals surface area contributed by atoms with Crippen molar-refractivity contribution in [2.24, 2.45) is 0 Å². The maximum atomic E-state index is 11.8. The summed E-state index contributed by atoms with van der Waals surface area (Å²) in [6.45, 7) is 0. The van der Waals surface area contributed by atoms with Crippen molar-refractivity contribution in [1.82, 2.24) is 10.0 Å². The van der Waals surface area contributed by atoms with Crippen molar-refractivity contribution >= 4 is 15.9 Å². The van der Waals surface area contributed by atoms with Gasteiger partial charge in [-0.25, -0.2) is 13.1 Å². The highest BCUT2D eigenvalue weighted by molar-refractivity contribution is 7.89. The molecule has 116 valence electrons. The van der Waals surface area contributed by atoms with Crippen molar-refractivity contribution in [3.8, 4) is 0 Å². The van der Waals surface area contributed by atoms with Gasteiger partial charge in [-0.3, -0.25) is 4.79 Å². The molecule has 0 heterocycles. The largest absolute Gasteiger partial charge is 0.353 e. The molecule has 0 bridgehead atoms. The lowest BCUT2D eigenvalue weighted by atomic mass is 10.1. The molecule has 0 spiro atoms. The van der Waals surface area contributed by atoms with Crippen LogP contribution in [0.25, 0.3) is 0 Å². The average molecular weight is 310 g/mol.